The molecule has 0 aliphatic heterocycles. The first-order valence-corrected chi connectivity index (χ1v) is 6.71. The van der Waals surface area contributed by atoms with Gasteiger partial charge in [0.05, 0.1) is 22.5 Å². The molecule has 0 amide bonds. The molecule has 98 valence electrons. The molecule has 0 saturated carbocycles. The summed E-state index contributed by atoms with van der Waals surface area (Å²) in [7, 11) is 1.84. The van der Waals surface area contributed by atoms with Gasteiger partial charge in [0.25, 0.3) is 0 Å². The zero-order valence-electron chi connectivity index (χ0n) is 11.0. The van der Waals surface area contributed by atoms with Crippen LogP contribution in [0.5, 0.6) is 5.75 Å². The molecule has 0 aliphatic carbocycles. The van der Waals surface area contributed by atoms with E-state index in [1.165, 1.54) is 0 Å². The SMILES string of the molecule is CC(C)Oc1cccc(-c2c(Br)cnn2C)c1C#N. The van der Waals surface area contributed by atoms with Crippen molar-refractivity contribution < 1.29 is 4.74 Å². The topological polar surface area (TPSA) is 50.8 Å². The predicted octanol–water partition coefficient (Wildman–Crippen LogP) is 3.51. The van der Waals surface area contributed by atoms with Crippen molar-refractivity contribution in [3.63, 3.8) is 0 Å². The molecule has 0 aliphatic rings. The molecule has 0 bridgehead atoms. The second-order valence-electron chi connectivity index (χ2n) is 4.42. The lowest BCUT2D eigenvalue weighted by molar-refractivity contribution is 0.242. The van der Waals surface area contributed by atoms with E-state index in [1.807, 2.05) is 39.1 Å². The molecule has 1 heterocycles. The third-order valence-electron chi connectivity index (χ3n) is 2.65. The lowest BCUT2D eigenvalue weighted by Gasteiger charge is -2.14. The van der Waals surface area contributed by atoms with E-state index >= 15 is 0 Å². The molecule has 0 radical (unpaired) electrons. The van der Waals surface area contributed by atoms with Gasteiger partial charge in [-0.25, -0.2) is 0 Å². The van der Waals surface area contributed by atoms with Crippen LogP contribution in [0.2, 0.25) is 0 Å². The maximum absolute atomic E-state index is 9.42. The average Bonchev–Trinajstić information content (AvgIpc) is 2.68. The highest BCUT2D eigenvalue weighted by atomic mass is 79.9. The van der Waals surface area contributed by atoms with E-state index < -0.39 is 0 Å². The molecular weight excluding hydrogens is 306 g/mol. The summed E-state index contributed by atoms with van der Waals surface area (Å²) in [5, 5.41) is 13.6. The van der Waals surface area contributed by atoms with Crippen LogP contribution in [-0.4, -0.2) is 15.9 Å². The molecule has 0 fully saturated rings. The minimum absolute atomic E-state index is 0.0253. The van der Waals surface area contributed by atoms with Crippen LogP contribution >= 0.6 is 15.9 Å². The van der Waals surface area contributed by atoms with Crippen molar-refractivity contribution in [2.24, 2.45) is 7.05 Å². The number of halogens is 1. The Bertz CT molecular complexity index is 621. The Morgan fingerprint density at radius 2 is 2.16 bits per heavy atom. The lowest BCUT2D eigenvalue weighted by atomic mass is 10.0. The number of ether oxygens (including phenoxy) is 1. The number of rotatable bonds is 3. The van der Waals surface area contributed by atoms with E-state index in [4.69, 9.17) is 4.74 Å². The van der Waals surface area contributed by atoms with E-state index in [2.05, 4.69) is 27.1 Å². The molecule has 2 rings (SSSR count). The maximum Gasteiger partial charge on any atom is 0.138 e. The van der Waals surface area contributed by atoms with Crippen molar-refractivity contribution in [3.05, 3.63) is 34.4 Å². The van der Waals surface area contributed by atoms with Crippen molar-refractivity contribution in [3.8, 4) is 23.1 Å². The number of nitriles is 1. The highest BCUT2D eigenvalue weighted by Crippen LogP contribution is 2.34. The summed E-state index contributed by atoms with van der Waals surface area (Å²) < 4.78 is 8.28. The Morgan fingerprint density at radius 3 is 2.68 bits per heavy atom. The van der Waals surface area contributed by atoms with E-state index in [1.54, 1.807) is 10.9 Å². The van der Waals surface area contributed by atoms with Crippen LogP contribution in [0.15, 0.2) is 28.9 Å². The van der Waals surface area contributed by atoms with Crippen molar-refractivity contribution in [2.45, 2.75) is 20.0 Å². The Kier molecular flexibility index (Phi) is 3.91. The fourth-order valence-electron chi connectivity index (χ4n) is 1.91. The van der Waals surface area contributed by atoms with E-state index in [-0.39, 0.29) is 6.10 Å². The molecule has 4 nitrogen and oxygen atoms in total. The summed E-state index contributed by atoms with van der Waals surface area (Å²) in [5.41, 5.74) is 2.21. The minimum atomic E-state index is 0.0253. The number of hydrogen-bond acceptors (Lipinski definition) is 3. The summed E-state index contributed by atoms with van der Waals surface area (Å²) in [5.74, 6) is 0.600. The molecule has 0 atom stereocenters. The van der Waals surface area contributed by atoms with Gasteiger partial charge in [-0.3, -0.25) is 4.68 Å². The van der Waals surface area contributed by atoms with Gasteiger partial charge in [0.1, 0.15) is 17.4 Å². The summed E-state index contributed by atoms with van der Waals surface area (Å²) >= 11 is 3.46. The van der Waals surface area contributed by atoms with Gasteiger partial charge in [-0.2, -0.15) is 10.4 Å². The number of aromatic nitrogens is 2. The Hall–Kier alpha value is -1.80. The summed E-state index contributed by atoms with van der Waals surface area (Å²) in [6.07, 6.45) is 1.74. The molecule has 5 heteroatoms. The van der Waals surface area contributed by atoms with Crippen LogP contribution in [0.25, 0.3) is 11.3 Å². The first-order valence-electron chi connectivity index (χ1n) is 5.92. The van der Waals surface area contributed by atoms with Crippen molar-refractivity contribution in [1.82, 2.24) is 9.78 Å². The highest BCUT2D eigenvalue weighted by molar-refractivity contribution is 9.10. The van der Waals surface area contributed by atoms with E-state index in [0.29, 0.717) is 11.3 Å². The van der Waals surface area contributed by atoms with Gasteiger partial charge in [0, 0.05) is 12.6 Å². The van der Waals surface area contributed by atoms with Crippen molar-refractivity contribution in [1.29, 1.82) is 5.26 Å². The fourth-order valence-corrected chi connectivity index (χ4v) is 2.47. The molecule has 1 aromatic heterocycles. The van der Waals surface area contributed by atoms with Crippen LogP contribution in [0.1, 0.15) is 19.4 Å². The van der Waals surface area contributed by atoms with Crippen LogP contribution in [-0.2, 0) is 7.05 Å². The number of nitrogens with zero attached hydrogens (tertiary/aromatic N) is 3. The van der Waals surface area contributed by atoms with E-state index in [9.17, 15) is 5.26 Å². The predicted molar refractivity (Wildman–Crippen MR) is 76.8 cm³/mol. The normalized spacial score (nSPS) is 10.5. The zero-order chi connectivity index (χ0) is 14.0. The van der Waals surface area contributed by atoms with Crippen molar-refractivity contribution in [2.75, 3.05) is 0 Å². The van der Waals surface area contributed by atoms with Crippen LogP contribution in [0.3, 0.4) is 0 Å². The number of benzene rings is 1. The van der Waals surface area contributed by atoms with Crippen LogP contribution in [0.4, 0.5) is 0 Å². The quantitative estimate of drug-likeness (QED) is 0.869. The van der Waals surface area contributed by atoms with Gasteiger partial charge in [-0.05, 0) is 35.8 Å². The van der Waals surface area contributed by atoms with Crippen LogP contribution in [0, 0.1) is 11.3 Å². The monoisotopic (exact) mass is 319 g/mol. The van der Waals surface area contributed by atoms with Gasteiger partial charge < -0.3 is 4.74 Å². The molecule has 2 aromatic rings. The highest BCUT2D eigenvalue weighted by Gasteiger charge is 2.17. The first kappa shape index (κ1) is 13.6. The lowest BCUT2D eigenvalue weighted by Crippen LogP contribution is -2.07. The molecule has 1 aromatic carbocycles. The largest absolute Gasteiger partial charge is 0.490 e. The summed E-state index contributed by atoms with van der Waals surface area (Å²) in [6.45, 7) is 3.88. The Morgan fingerprint density at radius 1 is 1.42 bits per heavy atom. The first-order chi connectivity index (χ1) is 9.04. The second kappa shape index (κ2) is 5.45. The van der Waals surface area contributed by atoms with E-state index in [0.717, 1.165) is 15.7 Å². The number of hydrogen-bond donors (Lipinski definition) is 0. The molecule has 0 N–H and O–H groups in total. The molecule has 0 spiro atoms. The molecule has 19 heavy (non-hydrogen) atoms. The second-order valence-corrected chi connectivity index (χ2v) is 5.28. The standard InChI is InChI=1S/C14H14BrN3O/c1-9(2)19-13-6-4-5-10(11(13)7-16)14-12(15)8-17-18(14)3/h4-6,8-9H,1-3H3. The minimum Gasteiger partial charge on any atom is -0.490 e. The average molecular weight is 320 g/mol. The van der Waals surface area contributed by atoms with Crippen molar-refractivity contribution >= 4 is 15.9 Å². The fraction of sp³-hybridized carbons (Fsp3) is 0.286. The van der Waals surface area contributed by atoms with Gasteiger partial charge in [0.2, 0.25) is 0 Å². The third-order valence-corrected chi connectivity index (χ3v) is 3.23. The summed E-state index contributed by atoms with van der Waals surface area (Å²) in [4.78, 5) is 0. The Labute approximate surface area is 120 Å². The summed E-state index contributed by atoms with van der Waals surface area (Å²) in [6, 6.07) is 7.82. The van der Waals surface area contributed by atoms with Gasteiger partial charge in [-0.15, -0.1) is 0 Å². The smallest absolute Gasteiger partial charge is 0.138 e. The third kappa shape index (κ3) is 2.64. The van der Waals surface area contributed by atoms with Gasteiger partial charge >= 0.3 is 0 Å². The molecular formula is C14H14BrN3O. The maximum atomic E-state index is 9.42. The molecule has 0 saturated heterocycles. The van der Waals surface area contributed by atoms with Gasteiger partial charge in [0.15, 0.2) is 0 Å². The number of aryl methyl sites for hydroxylation is 1. The van der Waals surface area contributed by atoms with Crippen LogP contribution < -0.4 is 4.74 Å². The molecule has 0 unspecified atom stereocenters. The Balaban J connectivity index is 2.62. The van der Waals surface area contributed by atoms with Gasteiger partial charge in [-0.1, -0.05) is 12.1 Å². The zero-order valence-corrected chi connectivity index (χ0v) is 12.6.